The summed E-state index contributed by atoms with van der Waals surface area (Å²) in [5.74, 6) is -0.286. The van der Waals surface area contributed by atoms with Gasteiger partial charge in [-0.1, -0.05) is 12.5 Å². The molecule has 1 aliphatic rings. The van der Waals surface area contributed by atoms with Crippen molar-refractivity contribution in [1.82, 2.24) is 4.98 Å². The number of halogens is 1. The van der Waals surface area contributed by atoms with Crippen LogP contribution < -0.4 is 5.73 Å². The lowest BCUT2D eigenvalue weighted by atomic mass is 10.0. The summed E-state index contributed by atoms with van der Waals surface area (Å²) in [6.07, 6.45) is 9.22. The van der Waals surface area contributed by atoms with Gasteiger partial charge in [0.25, 0.3) is 0 Å². The smallest absolute Gasteiger partial charge is 0.142 e. The maximum absolute atomic E-state index is 13.0. The molecule has 0 saturated heterocycles. The zero-order valence-electron chi connectivity index (χ0n) is 8.62. The molecule has 80 valence electrons. The number of nitrogens with zero attached hydrogens (tertiary/aromatic N) is 1. The number of allylic oxidation sites excluding steroid dienone is 1. The highest BCUT2D eigenvalue weighted by Gasteiger charge is 2.10. The maximum Gasteiger partial charge on any atom is 0.142 e. The molecule has 0 bridgehead atoms. The SMILES string of the molecule is NC1C=C(c2cncc(F)c2)CCCC1. The molecule has 1 unspecified atom stereocenters. The van der Waals surface area contributed by atoms with E-state index in [1.165, 1.54) is 12.3 Å². The van der Waals surface area contributed by atoms with Gasteiger partial charge in [0, 0.05) is 12.2 Å². The van der Waals surface area contributed by atoms with Crippen LogP contribution in [0.25, 0.3) is 5.57 Å². The third kappa shape index (κ3) is 2.63. The van der Waals surface area contributed by atoms with Gasteiger partial charge in [0.15, 0.2) is 0 Å². The van der Waals surface area contributed by atoms with Gasteiger partial charge in [-0.25, -0.2) is 4.39 Å². The van der Waals surface area contributed by atoms with Crippen LogP contribution in [-0.2, 0) is 0 Å². The van der Waals surface area contributed by atoms with Crippen molar-refractivity contribution in [1.29, 1.82) is 0 Å². The van der Waals surface area contributed by atoms with Gasteiger partial charge in [-0.15, -0.1) is 0 Å². The van der Waals surface area contributed by atoms with Crippen LogP contribution in [0.1, 0.15) is 31.2 Å². The van der Waals surface area contributed by atoms with E-state index in [4.69, 9.17) is 5.73 Å². The molecule has 15 heavy (non-hydrogen) atoms. The Morgan fingerprint density at radius 1 is 1.33 bits per heavy atom. The second kappa shape index (κ2) is 4.53. The molecule has 0 saturated carbocycles. The second-order valence-corrected chi connectivity index (χ2v) is 3.99. The first kappa shape index (κ1) is 10.3. The minimum absolute atomic E-state index is 0.103. The zero-order valence-corrected chi connectivity index (χ0v) is 8.62. The highest BCUT2D eigenvalue weighted by atomic mass is 19.1. The summed E-state index contributed by atoms with van der Waals surface area (Å²) in [6.45, 7) is 0. The molecule has 0 amide bonds. The molecule has 2 nitrogen and oxygen atoms in total. The lowest BCUT2D eigenvalue weighted by molar-refractivity contribution is 0.620. The predicted molar refractivity (Wildman–Crippen MR) is 58.6 cm³/mol. The third-order valence-electron chi connectivity index (χ3n) is 2.72. The summed E-state index contributed by atoms with van der Waals surface area (Å²) < 4.78 is 13.0. The highest BCUT2D eigenvalue weighted by molar-refractivity contribution is 5.65. The summed E-state index contributed by atoms with van der Waals surface area (Å²) in [4.78, 5) is 3.86. The van der Waals surface area contributed by atoms with Crippen LogP contribution in [-0.4, -0.2) is 11.0 Å². The lowest BCUT2D eigenvalue weighted by Crippen LogP contribution is -2.15. The topological polar surface area (TPSA) is 38.9 Å². The van der Waals surface area contributed by atoms with Gasteiger partial charge in [-0.3, -0.25) is 4.98 Å². The number of nitrogens with two attached hydrogens (primary N) is 1. The van der Waals surface area contributed by atoms with Crippen LogP contribution >= 0.6 is 0 Å². The van der Waals surface area contributed by atoms with Crippen LogP contribution in [0.15, 0.2) is 24.5 Å². The van der Waals surface area contributed by atoms with Crippen molar-refractivity contribution in [3.63, 3.8) is 0 Å². The molecule has 0 aliphatic heterocycles. The number of rotatable bonds is 1. The second-order valence-electron chi connectivity index (χ2n) is 3.99. The van der Waals surface area contributed by atoms with Crippen molar-refractivity contribution in [3.8, 4) is 0 Å². The summed E-state index contributed by atoms with van der Waals surface area (Å²) in [5.41, 5.74) is 7.91. The minimum atomic E-state index is -0.286. The van der Waals surface area contributed by atoms with Crippen molar-refractivity contribution in [2.45, 2.75) is 31.7 Å². The Hall–Kier alpha value is -1.22. The normalized spacial score (nSPS) is 22.0. The Morgan fingerprint density at radius 3 is 3.00 bits per heavy atom. The van der Waals surface area contributed by atoms with Crippen molar-refractivity contribution in [3.05, 3.63) is 35.9 Å². The van der Waals surface area contributed by atoms with Crippen molar-refractivity contribution < 1.29 is 4.39 Å². The van der Waals surface area contributed by atoms with Gasteiger partial charge in [0.1, 0.15) is 5.82 Å². The van der Waals surface area contributed by atoms with Gasteiger partial charge in [0.05, 0.1) is 6.20 Å². The molecule has 3 heteroatoms. The molecule has 2 N–H and O–H groups in total. The van der Waals surface area contributed by atoms with Crippen molar-refractivity contribution in [2.75, 3.05) is 0 Å². The Labute approximate surface area is 89.0 Å². The third-order valence-corrected chi connectivity index (χ3v) is 2.72. The van der Waals surface area contributed by atoms with Crippen LogP contribution in [0.5, 0.6) is 0 Å². The standard InChI is InChI=1S/C12H15FN2/c13-11-5-10(7-15-8-11)9-3-1-2-4-12(14)6-9/h5-8,12H,1-4,14H2. The van der Waals surface area contributed by atoms with Crippen LogP contribution in [0.3, 0.4) is 0 Å². The molecular formula is C12H15FN2. The number of hydrogen-bond acceptors (Lipinski definition) is 2. The molecule has 1 aliphatic carbocycles. The van der Waals surface area contributed by atoms with E-state index in [0.29, 0.717) is 0 Å². The Bertz CT molecular complexity index is 374. The zero-order chi connectivity index (χ0) is 10.7. The van der Waals surface area contributed by atoms with Gasteiger partial charge in [-0.2, -0.15) is 0 Å². The van der Waals surface area contributed by atoms with E-state index >= 15 is 0 Å². The van der Waals surface area contributed by atoms with E-state index in [1.54, 1.807) is 6.20 Å². The molecule has 0 spiro atoms. The predicted octanol–water partition coefficient (Wildman–Crippen LogP) is 2.51. The minimum Gasteiger partial charge on any atom is -0.324 e. The highest BCUT2D eigenvalue weighted by Crippen LogP contribution is 2.25. The van der Waals surface area contributed by atoms with Gasteiger partial charge < -0.3 is 5.73 Å². The molecule has 0 fully saturated rings. The molecule has 0 aromatic carbocycles. The Balaban J connectivity index is 2.28. The monoisotopic (exact) mass is 206 g/mol. The van der Waals surface area contributed by atoms with Crippen molar-refractivity contribution >= 4 is 5.57 Å². The van der Waals surface area contributed by atoms with Gasteiger partial charge >= 0.3 is 0 Å². The Kier molecular flexibility index (Phi) is 3.11. The molecular weight excluding hydrogens is 191 g/mol. The molecule has 0 radical (unpaired) electrons. The molecule has 1 aromatic heterocycles. The summed E-state index contributed by atoms with van der Waals surface area (Å²) >= 11 is 0. The average molecular weight is 206 g/mol. The first-order valence-electron chi connectivity index (χ1n) is 5.33. The lowest BCUT2D eigenvalue weighted by Gasteiger charge is -2.06. The maximum atomic E-state index is 13.0. The first-order valence-corrected chi connectivity index (χ1v) is 5.33. The van der Waals surface area contributed by atoms with Crippen LogP contribution in [0.4, 0.5) is 4.39 Å². The van der Waals surface area contributed by atoms with E-state index in [1.807, 2.05) is 6.08 Å². The fraction of sp³-hybridized carbons (Fsp3) is 0.417. The van der Waals surface area contributed by atoms with E-state index in [-0.39, 0.29) is 11.9 Å². The summed E-state index contributed by atoms with van der Waals surface area (Å²) in [6, 6.07) is 1.63. The first-order chi connectivity index (χ1) is 7.25. The largest absolute Gasteiger partial charge is 0.324 e. The summed E-state index contributed by atoms with van der Waals surface area (Å²) in [5, 5.41) is 0. The molecule has 1 heterocycles. The van der Waals surface area contributed by atoms with Crippen molar-refractivity contribution in [2.24, 2.45) is 5.73 Å². The quantitative estimate of drug-likeness (QED) is 0.766. The van der Waals surface area contributed by atoms with E-state index in [9.17, 15) is 4.39 Å². The fourth-order valence-electron chi connectivity index (χ4n) is 1.95. The van der Waals surface area contributed by atoms with E-state index < -0.39 is 0 Å². The fourth-order valence-corrected chi connectivity index (χ4v) is 1.95. The Morgan fingerprint density at radius 2 is 2.20 bits per heavy atom. The van der Waals surface area contributed by atoms with Crippen LogP contribution in [0.2, 0.25) is 0 Å². The summed E-state index contributed by atoms with van der Waals surface area (Å²) in [7, 11) is 0. The van der Waals surface area contributed by atoms with E-state index in [2.05, 4.69) is 4.98 Å². The van der Waals surface area contributed by atoms with E-state index in [0.717, 1.165) is 36.8 Å². The van der Waals surface area contributed by atoms with Gasteiger partial charge in [0.2, 0.25) is 0 Å². The van der Waals surface area contributed by atoms with Gasteiger partial charge in [-0.05, 0) is 36.5 Å². The number of aromatic nitrogens is 1. The average Bonchev–Trinajstić information content (AvgIpc) is 2.43. The molecule has 1 aromatic rings. The molecule has 2 rings (SSSR count). The number of pyridine rings is 1. The number of hydrogen-bond donors (Lipinski definition) is 1. The molecule has 1 atom stereocenters. The van der Waals surface area contributed by atoms with Crippen LogP contribution in [0, 0.1) is 5.82 Å².